The molecule has 0 fully saturated rings. The summed E-state index contributed by atoms with van der Waals surface area (Å²) in [6.45, 7) is 5.49. The summed E-state index contributed by atoms with van der Waals surface area (Å²) >= 11 is 0. The van der Waals surface area contributed by atoms with Gasteiger partial charge >= 0.3 is 0 Å². The van der Waals surface area contributed by atoms with Gasteiger partial charge in [-0.15, -0.1) is 0 Å². The van der Waals surface area contributed by atoms with Crippen molar-refractivity contribution >= 4 is 22.9 Å². The van der Waals surface area contributed by atoms with Crippen LogP contribution in [0.2, 0.25) is 0 Å². The smallest absolute Gasteiger partial charge is 0.222 e. The fourth-order valence-electron chi connectivity index (χ4n) is 1.37. The number of ketones is 1. The number of aromatic amines is 1. The molecule has 0 atom stereocenters. The van der Waals surface area contributed by atoms with Crippen molar-refractivity contribution in [3.8, 4) is 0 Å². The number of hydrogen-bond donors (Lipinski definition) is 2. The van der Waals surface area contributed by atoms with Crippen LogP contribution in [0.1, 0.15) is 31.3 Å². The molecular weight excluding hydrogens is 206 g/mol. The lowest BCUT2D eigenvalue weighted by atomic mass is 9.88. The Labute approximate surface area is 92.3 Å². The summed E-state index contributed by atoms with van der Waals surface area (Å²) in [5.74, 6) is -0.0250. The van der Waals surface area contributed by atoms with Crippen LogP contribution in [-0.2, 0) is 0 Å². The van der Waals surface area contributed by atoms with E-state index in [0.29, 0.717) is 16.9 Å². The van der Waals surface area contributed by atoms with Gasteiger partial charge in [-0.05, 0) is 0 Å². The molecule has 0 radical (unpaired) electrons. The molecule has 16 heavy (non-hydrogen) atoms. The first kappa shape index (κ1) is 10.5. The molecule has 0 aliphatic heterocycles. The van der Waals surface area contributed by atoms with E-state index in [2.05, 4.69) is 19.9 Å². The Hall–Kier alpha value is -1.98. The number of aromatic nitrogens is 4. The predicted octanol–water partition coefficient (Wildman–Crippen LogP) is 1.16. The molecule has 2 heterocycles. The number of H-pyrrole nitrogens is 1. The molecular formula is C10H13N5O. The normalized spacial score (nSPS) is 11.9. The number of hydrogen-bond acceptors (Lipinski definition) is 5. The van der Waals surface area contributed by atoms with Crippen molar-refractivity contribution < 1.29 is 4.79 Å². The maximum atomic E-state index is 12.1. The lowest BCUT2D eigenvalue weighted by molar-refractivity contribution is 0.0854. The van der Waals surface area contributed by atoms with Crippen molar-refractivity contribution in [3.05, 3.63) is 12.0 Å². The van der Waals surface area contributed by atoms with E-state index in [9.17, 15) is 4.79 Å². The number of fused-ring (bicyclic) bond motifs is 1. The highest BCUT2D eigenvalue weighted by atomic mass is 16.1. The highest BCUT2D eigenvalue weighted by Crippen LogP contribution is 2.23. The molecule has 6 heteroatoms. The van der Waals surface area contributed by atoms with E-state index in [1.807, 2.05) is 20.8 Å². The van der Waals surface area contributed by atoms with Crippen molar-refractivity contribution in [2.75, 3.05) is 5.73 Å². The van der Waals surface area contributed by atoms with Crippen molar-refractivity contribution in [2.24, 2.45) is 5.41 Å². The topological polar surface area (TPSA) is 97.6 Å². The molecule has 0 bridgehead atoms. The molecule has 84 valence electrons. The third-order valence-electron chi connectivity index (χ3n) is 2.20. The first-order chi connectivity index (χ1) is 7.39. The van der Waals surface area contributed by atoms with Crippen LogP contribution in [0.5, 0.6) is 0 Å². The van der Waals surface area contributed by atoms with Gasteiger partial charge in [0.25, 0.3) is 0 Å². The number of anilines is 1. The maximum Gasteiger partial charge on any atom is 0.222 e. The fraction of sp³-hybridized carbons (Fsp3) is 0.400. The van der Waals surface area contributed by atoms with Crippen molar-refractivity contribution in [2.45, 2.75) is 20.8 Å². The van der Waals surface area contributed by atoms with Crippen LogP contribution < -0.4 is 5.73 Å². The fourth-order valence-corrected chi connectivity index (χ4v) is 1.37. The molecule has 0 aliphatic rings. The molecule has 3 N–H and O–H groups in total. The van der Waals surface area contributed by atoms with Crippen LogP contribution in [0.15, 0.2) is 6.33 Å². The quantitative estimate of drug-likeness (QED) is 0.701. The van der Waals surface area contributed by atoms with E-state index in [0.717, 1.165) is 0 Å². The van der Waals surface area contributed by atoms with Gasteiger partial charge in [0, 0.05) is 5.41 Å². The summed E-state index contributed by atoms with van der Waals surface area (Å²) in [6.07, 6.45) is 1.47. The van der Waals surface area contributed by atoms with E-state index in [1.54, 1.807) is 0 Å². The number of nitrogens with one attached hydrogen (secondary N) is 1. The minimum atomic E-state index is -0.515. The molecule has 2 aromatic heterocycles. The van der Waals surface area contributed by atoms with E-state index >= 15 is 0 Å². The first-order valence-corrected chi connectivity index (χ1v) is 4.91. The minimum absolute atomic E-state index is 0.0622. The Morgan fingerprint density at radius 1 is 1.38 bits per heavy atom. The van der Waals surface area contributed by atoms with Gasteiger partial charge in [-0.1, -0.05) is 20.8 Å². The second kappa shape index (κ2) is 3.26. The standard InChI is InChI=1S/C10H13N5O/c1-10(2,3)7(16)5-6-8(13-4-12-6)15-9(11)14-5/h4H,1-3H3,(H3,11,12,13,14,15). The molecule has 0 amide bonds. The zero-order valence-corrected chi connectivity index (χ0v) is 9.40. The van der Waals surface area contributed by atoms with Crippen LogP contribution in [0.3, 0.4) is 0 Å². The maximum absolute atomic E-state index is 12.1. The van der Waals surface area contributed by atoms with Gasteiger partial charge in [0.05, 0.1) is 6.33 Å². The Kier molecular flexibility index (Phi) is 2.15. The van der Waals surface area contributed by atoms with Crippen LogP contribution >= 0.6 is 0 Å². The van der Waals surface area contributed by atoms with Crippen LogP contribution in [-0.4, -0.2) is 25.7 Å². The SMILES string of the molecule is CC(C)(C)C(=O)c1nc(N)nc2nc[nH]c12. The molecule has 6 nitrogen and oxygen atoms in total. The second-order valence-corrected chi connectivity index (χ2v) is 4.61. The molecule has 0 aliphatic carbocycles. The first-order valence-electron chi connectivity index (χ1n) is 4.91. The average Bonchev–Trinajstić information content (AvgIpc) is 2.61. The monoisotopic (exact) mass is 219 g/mol. The number of nitrogens with zero attached hydrogens (tertiary/aromatic N) is 3. The average molecular weight is 219 g/mol. The number of carbonyl (C=O) groups is 1. The largest absolute Gasteiger partial charge is 0.368 e. The van der Waals surface area contributed by atoms with Crippen molar-refractivity contribution in [1.29, 1.82) is 0 Å². The molecule has 2 aromatic rings. The summed E-state index contributed by atoms with van der Waals surface area (Å²) in [4.78, 5) is 26.9. The zero-order chi connectivity index (χ0) is 11.9. The van der Waals surface area contributed by atoms with Crippen LogP contribution in [0.4, 0.5) is 5.95 Å². The highest BCUT2D eigenvalue weighted by molar-refractivity contribution is 6.06. The molecule has 0 saturated carbocycles. The lowest BCUT2D eigenvalue weighted by Crippen LogP contribution is -2.22. The Morgan fingerprint density at radius 2 is 2.06 bits per heavy atom. The third kappa shape index (κ3) is 1.62. The third-order valence-corrected chi connectivity index (χ3v) is 2.20. The highest BCUT2D eigenvalue weighted by Gasteiger charge is 2.27. The van der Waals surface area contributed by atoms with Gasteiger partial charge in [0.1, 0.15) is 11.2 Å². The molecule has 0 saturated heterocycles. The van der Waals surface area contributed by atoms with Gasteiger partial charge in [-0.3, -0.25) is 4.79 Å². The Bertz CT molecular complexity index is 552. The van der Waals surface area contributed by atoms with Gasteiger partial charge in [-0.2, -0.15) is 4.98 Å². The Morgan fingerprint density at radius 3 is 2.69 bits per heavy atom. The van der Waals surface area contributed by atoms with Crippen molar-refractivity contribution in [1.82, 2.24) is 19.9 Å². The predicted molar refractivity (Wildman–Crippen MR) is 59.9 cm³/mol. The Balaban J connectivity index is 2.68. The summed E-state index contributed by atoms with van der Waals surface area (Å²) in [5, 5.41) is 0. The zero-order valence-electron chi connectivity index (χ0n) is 9.40. The second-order valence-electron chi connectivity index (χ2n) is 4.61. The van der Waals surface area contributed by atoms with Crippen LogP contribution in [0.25, 0.3) is 11.2 Å². The summed E-state index contributed by atoms with van der Waals surface area (Å²) in [5.41, 5.74) is 6.27. The number of rotatable bonds is 1. The molecule has 2 rings (SSSR count). The van der Waals surface area contributed by atoms with Gasteiger partial charge in [0.2, 0.25) is 5.95 Å². The summed E-state index contributed by atoms with van der Waals surface area (Å²) < 4.78 is 0. The van der Waals surface area contributed by atoms with Gasteiger partial charge in [0.15, 0.2) is 11.4 Å². The molecule has 0 aromatic carbocycles. The van der Waals surface area contributed by atoms with Crippen molar-refractivity contribution in [3.63, 3.8) is 0 Å². The van der Waals surface area contributed by atoms with E-state index in [4.69, 9.17) is 5.73 Å². The van der Waals surface area contributed by atoms with Gasteiger partial charge in [-0.25, -0.2) is 9.97 Å². The number of nitrogens with two attached hydrogens (primary N) is 1. The summed E-state index contributed by atoms with van der Waals surface area (Å²) in [6, 6.07) is 0. The molecule has 0 spiro atoms. The van der Waals surface area contributed by atoms with E-state index in [-0.39, 0.29) is 11.7 Å². The van der Waals surface area contributed by atoms with Crippen LogP contribution in [0, 0.1) is 5.41 Å². The molecule has 0 unspecified atom stereocenters. The number of carbonyl (C=O) groups excluding carboxylic acids is 1. The van der Waals surface area contributed by atoms with Gasteiger partial charge < -0.3 is 10.7 Å². The lowest BCUT2D eigenvalue weighted by Gasteiger charge is -2.15. The van der Waals surface area contributed by atoms with E-state index < -0.39 is 5.41 Å². The number of Topliss-reactive ketones (excluding diaryl/α,β-unsaturated/α-hetero) is 1. The summed E-state index contributed by atoms with van der Waals surface area (Å²) in [7, 11) is 0. The minimum Gasteiger partial charge on any atom is -0.368 e. The number of imidazole rings is 1. The number of nitrogen functional groups attached to an aromatic ring is 1. The van der Waals surface area contributed by atoms with E-state index in [1.165, 1.54) is 6.33 Å².